The number of aryl methyl sites for hydroxylation is 2. The second-order valence-electron chi connectivity index (χ2n) is 4.96. The zero-order valence-electron chi connectivity index (χ0n) is 12.7. The third-order valence-corrected chi connectivity index (χ3v) is 4.40. The Bertz CT molecular complexity index is 692. The first-order chi connectivity index (χ1) is 10.4. The summed E-state index contributed by atoms with van der Waals surface area (Å²) in [6.07, 6.45) is 4.16. The van der Waals surface area contributed by atoms with Gasteiger partial charge < -0.3 is 10.4 Å². The molecule has 2 rings (SSSR count). The van der Waals surface area contributed by atoms with E-state index in [-0.39, 0.29) is 16.8 Å². The zero-order chi connectivity index (χ0) is 16.3. The molecule has 7 nitrogen and oxygen atoms in total. The summed E-state index contributed by atoms with van der Waals surface area (Å²) in [5.41, 5.74) is 0.941. The van der Waals surface area contributed by atoms with Gasteiger partial charge in [0.2, 0.25) is 0 Å². The maximum Gasteiger partial charge on any atom is 0.347 e. The van der Waals surface area contributed by atoms with Crippen molar-refractivity contribution in [3.8, 4) is 0 Å². The number of hydrogen-bond acceptors (Lipinski definition) is 5. The number of nitrogens with one attached hydrogen (secondary N) is 1. The van der Waals surface area contributed by atoms with Crippen LogP contribution in [0.25, 0.3) is 0 Å². The van der Waals surface area contributed by atoms with Crippen LogP contribution in [0, 0.1) is 6.92 Å². The molecule has 1 atom stereocenters. The Morgan fingerprint density at radius 1 is 1.50 bits per heavy atom. The first-order valence-corrected chi connectivity index (χ1v) is 7.78. The Labute approximate surface area is 132 Å². The van der Waals surface area contributed by atoms with Gasteiger partial charge in [-0.25, -0.2) is 9.78 Å². The maximum absolute atomic E-state index is 12.2. The van der Waals surface area contributed by atoms with Gasteiger partial charge >= 0.3 is 5.97 Å². The van der Waals surface area contributed by atoms with Crippen LogP contribution in [-0.4, -0.2) is 31.7 Å². The molecular weight excluding hydrogens is 304 g/mol. The summed E-state index contributed by atoms with van der Waals surface area (Å²) in [7, 11) is 0. The van der Waals surface area contributed by atoms with Crippen molar-refractivity contribution in [2.45, 2.75) is 39.8 Å². The molecule has 2 N–H and O–H groups in total. The molecule has 0 fully saturated rings. The van der Waals surface area contributed by atoms with Gasteiger partial charge in [-0.2, -0.15) is 5.10 Å². The van der Waals surface area contributed by atoms with E-state index in [1.54, 1.807) is 24.7 Å². The third-order valence-electron chi connectivity index (χ3n) is 3.07. The molecule has 0 aliphatic rings. The highest BCUT2D eigenvalue weighted by Crippen LogP contribution is 2.23. The maximum atomic E-state index is 12.2. The smallest absolute Gasteiger partial charge is 0.347 e. The fourth-order valence-corrected chi connectivity index (χ4v) is 2.88. The van der Waals surface area contributed by atoms with Gasteiger partial charge in [0.25, 0.3) is 5.91 Å². The van der Waals surface area contributed by atoms with Crippen molar-refractivity contribution >= 4 is 23.2 Å². The minimum Gasteiger partial charge on any atom is -0.477 e. The molecule has 0 aliphatic carbocycles. The van der Waals surface area contributed by atoms with E-state index in [1.807, 2.05) is 6.92 Å². The molecule has 8 heteroatoms. The number of carbonyl (C=O) groups is 2. The summed E-state index contributed by atoms with van der Waals surface area (Å²) in [6.45, 7) is 6.22. The summed E-state index contributed by atoms with van der Waals surface area (Å²) in [5, 5.41) is 16.5. The molecule has 0 aliphatic heterocycles. The molecule has 1 amide bonds. The van der Waals surface area contributed by atoms with Crippen molar-refractivity contribution in [2.24, 2.45) is 0 Å². The topological polar surface area (TPSA) is 97.1 Å². The van der Waals surface area contributed by atoms with E-state index >= 15 is 0 Å². The van der Waals surface area contributed by atoms with Gasteiger partial charge in [0.05, 0.1) is 23.5 Å². The van der Waals surface area contributed by atoms with Crippen LogP contribution in [0.2, 0.25) is 0 Å². The van der Waals surface area contributed by atoms with Crippen LogP contribution in [0.5, 0.6) is 0 Å². The largest absolute Gasteiger partial charge is 0.477 e. The number of rotatable bonds is 6. The van der Waals surface area contributed by atoms with Gasteiger partial charge in [-0.15, -0.1) is 11.3 Å². The zero-order valence-corrected chi connectivity index (χ0v) is 13.5. The molecule has 2 aromatic rings. The van der Waals surface area contributed by atoms with E-state index in [0.717, 1.165) is 24.3 Å². The highest BCUT2D eigenvalue weighted by atomic mass is 32.1. The van der Waals surface area contributed by atoms with Crippen LogP contribution in [0.15, 0.2) is 12.4 Å². The third kappa shape index (κ3) is 3.51. The number of aromatic nitrogens is 3. The average Bonchev–Trinajstić information content (AvgIpc) is 3.06. The molecule has 22 heavy (non-hydrogen) atoms. The van der Waals surface area contributed by atoms with Crippen LogP contribution in [0.4, 0.5) is 0 Å². The molecule has 118 valence electrons. The van der Waals surface area contributed by atoms with E-state index in [0.29, 0.717) is 16.3 Å². The lowest BCUT2D eigenvalue weighted by atomic mass is 10.3. The summed E-state index contributed by atoms with van der Waals surface area (Å²) >= 11 is 1.08. The van der Waals surface area contributed by atoms with Gasteiger partial charge in [-0.3, -0.25) is 9.48 Å². The lowest BCUT2D eigenvalue weighted by Gasteiger charge is -2.09. The van der Waals surface area contributed by atoms with Crippen molar-refractivity contribution in [1.29, 1.82) is 0 Å². The Balaban J connectivity index is 2.07. The minimum atomic E-state index is -0.999. The lowest BCUT2D eigenvalue weighted by Crippen LogP contribution is -2.26. The highest BCUT2D eigenvalue weighted by molar-refractivity contribution is 7.13. The molecule has 2 aromatic heterocycles. The van der Waals surface area contributed by atoms with Crippen molar-refractivity contribution < 1.29 is 14.7 Å². The monoisotopic (exact) mass is 322 g/mol. The summed E-state index contributed by atoms with van der Waals surface area (Å²) in [4.78, 5) is 27.6. The molecule has 0 bridgehead atoms. The molecule has 0 spiro atoms. The van der Waals surface area contributed by atoms with Gasteiger partial charge in [0, 0.05) is 12.7 Å². The van der Waals surface area contributed by atoms with E-state index < -0.39 is 5.97 Å². The average molecular weight is 322 g/mol. The fourth-order valence-electron chi connectivity index (χ4n) is 1.97. The number of carboxylic acid groups (broad SMARTS) is 1. The summed E-state index contributed by atoms with van der Waals surface area (Å²) < 4.78 is 1.72. The predicted octanol–water partition coefficient (Wildman–Crippen LogP) is 2.25. The van der Waals surface area contributed by atoms with Gasteiger partial charge in [-0.1, -0.05) is 6.92 Å². The number of aromatic carboxylic acids is 1. The van der Waals surface area contributed by atoms with Crippen LogP contribution < -0.4 is 5.32 Å². The summed E-state index contributed by atoms with van der Waals surface area (Å²) in [5.74, 6) is -1.25. The normalized spacial score (nSPS) is 12.1. The Morgan fingerprint density at radius 3 is 2.82 bits per heavy atom. The van der Waals surface area contributed by atoms with Crippen molar-refractivity contribution in [3.05, 3.63) is 33.5 Å². The van der Waals surface area contributed by atoms with Crippen LogP contribution >= 0.6 is 11.3 Å². The fraction of sp³-hybridized carbons (Fsp3) is 0.429. The molecule has 2 heterocycles. The SMILES string of the molecule is CCCn1cc(C(=O)NC(C)c2nc(C)c(C(=O)O)s2)cn1. The lowest BCUT2D eigenvalue weighted by molar-refractivity contribution is 0.0701. The molecular formula is C14H18N4O3S. The van der Waals surface area contributed by atoms with Gasteiger partial charge in [0.1, 0.15) is 9.88 Å². The first-order valence-electron chi connectivity index (χ1n) is 6.96. The van der Waals surface area contributed by atoms with E-state index in [9.17, 15) is 9.59 Å². The number of amides is 1. The predicted molar refractivity (Wildman–Crippen MR) is 82.2 cm³/mol. The second kappa shape index (κ2) is 6.69. The van der Waals surface area contributed by atoms with Gasteiger partial charge in [0.15, 0.2) is 0 Å². The van der Waals surface area contributed by atoms with Crippen LogP contribution in [0.3, 0.4) is 0 Å². The van der Waals surface area contributed by atoms with Crippen molar-refractivity contribution in [2.75, 3.05) is 0 Å². The van der Waals surface area contributed by atoms with Crippen molar-refractivity contribution in [1.82, 2.24) is 20.1 Å². The Kier molecular flexibility index (Phi) is 4.92. The number of carbonyl (C=O) groups excluding carboxylic acids is 1. The summed E-state index contributed by atoms with van der Waals surface area (Å²) in [6, 6.07) is -0.362. The minimum absolute atomic E-state index is 0.201. The highest BCUT2D eigenvalue weighted by Gasteiger charge is 2.20. The quantitative estimate of drug-likeness (QED) is 0.850. The molecule has 1 unspecified atom stereocenters. The number of carboxylic acids is 1. The molecule has 0 aromatic carbocycles. The van der Waals surface area contributed by atoms with Gasteiger partial charge in [-0.05, 0) is 20.3 Å². The number of thiazole rings is 1. The van der Waals surface area contributed by atoms with E-state index in [1.165, 1.54) is 6.20 Å². The molecule has 0 radical (unpaired) electrons. The first kappa shape index (κ1) is 16.2. The van der Waals surface area contributed by atoms with E-state index in [2.05, 4.69) is 15.4 Å². The number of nitrogens with zero attached hydrogens (tertiary/aromatic N) is 3. The Morgan fingerprint density at radius 2 is 2.23 bits per heavy atom. The standard InChI is InChI=1S/C14H18N4O3S/c1-4-5-18-7-10(6-15-18)12(19)16-9(3)13-17-8(2)11(22-13)14(20)21/h6-7,9H,4-5H2,1-3H3,(H,16,19)(H,20,21). The van der Waals surface area contributed by atoms with Crippen molar-refractivity contribution in [3.63, 3.8) is 0 Å². The Hall–Kier alpha value is -2.22. The van der Waals surface area contributed by atoms with Crippen LogP contribution in [0.1, 0.15) is 57.0 Å². The van der Waals surface area contributed by atoms with E-state index in [4.69, 9.17) is 5.11 Å². The second-order valence-corrected chi connectivity index (χ2v) is 5.99. The number of hydrogen-bond donors (Lipinski definition) is 2. The van der Waals surface area contributed by atoms with Crippen LogP contribution in [-0.2, 0) is 6.54 Å². The molecule has 0 saturated carbocycles. The molecule has 0 saturated heterocycles.